The first-order valence-corrected chi connectivity index (χ1v) is 7.53. The van der Waals surface area contributed by atoms with E-state index in [0.717, 1.165) is 5.56 Å². The molecule has 0 amide bonds. The van der Waals surface area contributed by atoms with E-state index in [4.69, 9.17) is 24.1 Å². The van der Waals surface area contributed by atoms with Crippen molar-refractivity contribution in [1.82, 2.24) is 0 Å². The number of rotatable bonds is 5. The molecule has 0 bridgehead atoms. The van der Waals surface area contributed by atoms with Gasteiger partial charge in [0.15, 0.2) is 12.1 Å². The molecule has 5 nitrogen and oxygen atoms in total. The van der Waals surface area contributed by atoms with E-state index in [1.165, 1.54) is 0 Å². The Morgan fingerprint density at radius 1 is 1.18 bits per heavy atom. The van der Waals surface area contributed by atoms with E-state index in [1.807, 2.05) is 44.2 Å². The van der Waals surface area contributed by atoms with Gasteiger partial charge in [0.25, 0.3) is 0 Å². The molecule has 3 rings (SSSR count). The maximum atomic E-state index is 8.94. The third-order valence-corrected chi connectivity index (χ3v) is 3.74. The van der Waals surface area contributed by atoms with Crippen molar-refractivity contribution in [2.45, 2.75) is 50.8 Å². The lowest BCUT2D eigenvalue weighted by Crippen LogP contribution is -2.31. The number of fused-ring (bicyclic) bond motifs is 1. The highest BCUT2D eigenvalue weighted by atomic mass is 16.8. The summed E-state index contributed by atoms with van der Waals surface area (Å²) in [7, 11) is 0. The molecule has 0 aromatic heterocycles. The molecular weight excluding hydrogens is 284 g/mol. The molecule has 1 aromatic carbocycles. The van der Waals surface area contributed by atoms with Gasteiger partial charge in [0, 0.05) is 0 Å². The Labute approximate surface area is 130 Å². The average molecular weight is 306 g/mol. The van der Waals surface area contributed by atoms with E-state index < -0.39 is 12.1 Å². The van der Waals surface area contributed by atoms with Crippen molar-refractivity contribution in [3.05, 3.63) is 48.0 Å². The Balaban J connectivity index is 1.67. The molecule has 4 atom stereocenters. The minimum atomic E-state index is -0.654. The summed E-state index contributed by atoms with van der Waals surface area (Å²) in [6, 6.07) is 9.93. The second kappa shape index (κ2) is 6.48. The molecule has 2 fully saturated rings. The number of benzene rings is 1. The highest BCUT2D eigenvalue weighted by molar-refractivity contribution is 5.13. The zero-order chi connectivity index (χ0) is 15.6. The normalized spacial score (nSPS) is 33.4. The molecule has 2 heterocycles. The van der Waals surface area contributed by atoms with Gasteiger partial charge < -0.3 is 24.1 Å². The molecule has 0 radical (unpaired) electrons. The largest absolute Gasteiger partial charge is 0.392 e. The van der Waals surface area contributed by atoms with Crippen LogP contribution in [0, 0.1) is 0 Å². The maximum absolute atomic E-state index is 8.94. The molecule has 1 aromatic rings. The SMILES string of the molecule is CC1(C)O[C@@H]2[C@@H](OCc3ccccc3)OC(/C=C/CO)[C@@H]2O1. The second-order valence-electron chi connectivity index (χ2n) is 5.94. The van der Waals surface area contributed by atoms with E-state index in [-0.39, 0.29) is 24.9 Å². The van der Waals surface area contributed by atoms with Crippen molar-refractivity contribution in [3.63, 3.8) is 0 Å². The van der Waals surface area contributed by atoms with Crippen LogP contribution in [0.1, 0.15) is 19.4 Å². The maximum Gasteiger partial charge on any atom is 0.187 e. The fourth-order valence-electron chi connectivity index (χ4n) is 2.83. The molecule has 2 saturated heterocycles. The van der Waals surface area contributed by atoms with Gasteiger partial charge in [-0.05, 0) is 19.4 Å². The van der Waals surface area contributed by atoms with E-state index in [9.17, 15) is 0 Å². The summed E-state index contributed by atoms with van der Waals surface area (Å²) < 4.78 is 23.6. The van der Waals surface area contributed by atoms with Crippen molar-refractivity contribution in [1.29, 1.82) is 0 Å². The molecule has 120 valence electrons. The monoisotopic (exact) mass is 306 g/mol. The van der Waals surface area contributed by atoms with Gasteiger partial charge in [-0.1, -0.05) is 42.5 Å². The van der Waals surface area contributed by atoms with Crippen LogP contribution in [0.2, 0.25) is 0 Å². The van der Waals surface area contributed by atoms with Crippen LogP contribution >= 0.6 is 0 Å². The molecule has 1 N–H and O–H groups in total. The summed E-state index contributed by atoms with van der Waals surface area (Å²) in [4.78, 5) is 0. The fourth-order valence-corrected chi connectivity index (χ4v) is 2.83. The predicted octanol–water partition coefficient (Wildman–Crippen LogP) is 2.00. The van der Waals surface area contributed by atoms with E-state index in [1.54, 1.807) is 12.2 Å². The topological polar surface area (TPSA) is 57.2 Å². The molecule has 2 aliphatic heterocycles. The summed E-state index contributed by atoms with van der Waals surface area (Å²) in [5.74, 6) is -0.654. The molecule has 0 spiro atoms. The van der Waals surface area contributed by atoms with Crippen LogP contribution < -0.4 is 0 Å². The van der Waals surface area contributed by atoms with Crippen LogP contribution in [0.5, 0.6) is 0 Å². The van der Waals surface area contributed by atoms with Crippen LogP contribution in [-0.2, 0) is 25.6 Å². The quantitative estimate of drug-likeness (QED) is 0.843. The van der Waals surface area contributed by atoms with Gasteiger partial charge >= 0.3 is 0 Å². The Bertz CT molecular complexity index is 513. The van der Waals surface area contributed by atoms with Gasteiger partial charge in [-0.15, -0.1) is 0 Å². The summed E-state index contributed by atoms with van der Waals surface area (Å²) >= 11 is 0. The lowest BCUT2D eigenvalue weighted by Gasteiger charge is -2.23. The van der Waals surface area contributed by atoms with Crippen molar-refractivity contribution in [2.75, 3.05) is 6.61 Å². The summed E-state index contributed by atoms with van der Waals surface area (Å²) in [5, 5.41) is 8.94. The minimum absolute atomic E-state index is 0.0307. The third-order valence-electron chi connectivity index (χ3n) is 3.74. The second-order valence-corrected chi connectivity index (χ2v) is 5.94. The van der Waals surface area contributed by atoms with E-state index >= 15 is 0 Å². The average Bonchev–Trinajstić information content (AvgIpc) is 2.98. The van der Waals surface area contributed by atoms with Crippen molar-refractivity contribution in [2.24, 2.45) is 0 Å². The van der Waals surface area contributed by atoms with Gasteiger partial charge in [-0.2, -0.15) is 0 Å². The van der Waals surface area contributed by atoms with Crippen LogP contribution in [0.25, 0.3) is 0 Å². The first kappa shape index (κ1) is 15.6. The Morgan fingerprint density at radius 2 is 1.91 bits per heavy atom. The minimum Gasteiger partial charge on any atom is -0.392 e. The summed E-state index contributed by atoms with van der Waals surface area (Å²) in [5.41, 5.74) is 1.08. The van der Waals surface area contributed by atoms with Gasteiger partial charge in [0.2, 0.25) is 0 Å². The Morgan fingerprint density at radius 3 is 2.64 bits per heavy atom. The lowest BCUT2D eigenvalue weighted by molar-refractivity contribution is -0.231. The number of hydrogen-bond donors (Lipinski definition) is 1. The Hall–Kier alpha value is -1.24. The van der Waals surface area contributed by atoms with Crippen molar-refractivity contribution < 1.29 is 24.1 Å². The molecular formula is C17H22O5. The molecule has 1 unspecified atom stereocenters. The summed E-state index contributed by atoms with van der Waals surface area (Å²) in [6.45, 7) is 4.19. The highest BCUT2D eigenvalue weighted by Crippen LogP contribution is 2.39. The van der Waals surface area contributed by atoms with Crippen LogP contribution in [0.15, 0.2) is 42.5 Å². The van der Waals surface area contributed by atoms with Gasteiger partial charge in [0.1, 0.15) is 18.3 Å². The van der Waals surface area contributed by atoms with E-state index in [2.05, 4.69) is 0 Å². The van der Waals surface area contributed by atoms with Crippen molar-refractivity contribution in [3.8, 4) is 0 Å². The number of ether oxygens (including phenoxy) is 4. The van der Waals surface area contributed by atoms with Crippen LogP contribution in [-0.4, -0.2) is 42.1 Å². The van der Waals surface area contributed by atoms with Gasteiger partial charge in [0.05, 0.1) is 13.2 Å². The van der Waals surface area contributed by atoms with Crippen molar-refractivity contribution >= 4 is 0 Å². The molecule has 22 heavy (non-hydrogen) atoms. The predicted molar refractivity (Wildman–Crippen MR) is 79.9 cm³/mol. The molecule has 0 aliphatic carbocycles. The molecule has 2 aliphatic rings. The third kappa shape index (κ3) is 3.39. The number of hydrogen-bond acceptors (Lipinski definition) is 5. The zero-order valence-electron chi connectivity index (χ0n) is 12.8. The first-order valence-electron chi connectivity index (χ1n) is 7.53. The molecule has 5 heteroatoms. The van der Waals surface area contributed by atoms with Crippen LogP contribution in [0.3, 0.4) is 0 Å². The first-order chi connectivity index (χ1) is 10.6. The van der Waals surface area contributed by atoms with Gasteiger partial charge in [-0.25, -0.2) is 0 Å². The number of aliphatic hydroxyl groups excluding tert-OH is 1. The smallest absolute Gasteiger partial charge is 0.187 e. The van der Waals surface area contributed by atoms with Gasteiger partial charge in [-0.3, -0.25) is 0 Å². The highest BCUT2D eigenvalue weighted by Gasteiger charge is 2.55. The summed E-state index contributed by atoms with van der Waals surface area (Å²) in [6.07, 6.45) is 2.19. The molecule has 0 saturated carbocycles. The Kier molecular flexibility index (Phi) is 4.61. The number of aliphatic hydroxyl groups is 1. The van der Waals surface area contributed by atoms with E-state index in [0.29, 0.717) is 6.61 Å². The standard InChI is InChI=1S/C17H22O5/c1-17(2)21-14-13(9-6-10-18)20-16(15(14)22-17)19-11-12-7-4-3-5-8-12/h3-9,13-16,18H,10-11H2,1-2H3/b9-6+/t13?,14-,15-,16-/m0/s1. The fraction of sp³-hybridized carbons (Fsp3) is 0.529. The zero-order valence-corrected chi connectivity index (χ0v) is 12.8. The lowest BCUT2D eigenvalue weighted by atomic mass is 10.1. The van der Waals surface area contributed by atoms with Crippen LogP contribution in [0.4, 0.5) is 0 Å².